The van der Waals surface area contributed by atoms with Crippen molar-refractivity contribution in [2.45, 2.75) is 45.6 Å². The van der Waals surface area contributed by atoms with Gasteiger partial charge in [-0.05, 0) is 51.4 Å². The van der Waals surface area contributed by atoms with Gasteiger partial charge in [0.25, 0.3) is 0 Å². The van der Waals surface area contributed by atoms with Crippen molar-refractivity contribution in [3.8, 4) is 0 Å². The third kappa shape index (κ3) is 4.08. The van der Waals surface area contributed by atoms with E-state index in [1.54, 1.807) is 0 Å². The third-order valence-corrected chi connectivity index (χ3v) is 5.20. The fourth-order valence-electron chi connectivity index (χ4n) is 2.54. The van der Waals surface area contributed by atoms with E-state index in [-0.39, 0.29) is 0 Å². The number of nitrogens with one attached hydrogen (secondary N) is 1. The minimum atomic E-state index is 0.500. The zero-order valence-electron chi connectivity index (χ0n) is 11.7. The van der Waals surface area contributed by atoms with Crippen LogP contribution in [0.1, 0.15) is 48.9 Å². The number of likely N-dealkylation sites (tertiary alicyclic amines) is 1. The van der Waals surface area contributed by atoms with Crippen LogP contribution in [0.15, 0.2) is 12.1 Å². The monoisotopic (exact) mass is 266 g/mol. The van der Waals surface area contributed by atoms with Crippen LogP contribution in [0, 0.1) is 0 Å². The molecule has 0 bridgehead atoms. The molecule has 2 nitrogen and oxygen atoms in total. The van der Waals surface area contributed by atoms with E-state index < -0.39 is 0 Å². The molecule has 2 heterocycles. The Bertz CT molecular complexity index is 342. The van der Waals surface area contributed by atoms with Crippen molar-refractivity contribution >= 4 is 11.3 Å². The number of hydrogen-bond acceptors (Lipinski definition) is 3. The number of aryl methyl sites for hydroxylation is 1. The first-order chi connectivity index (χ1) is 8.79. The van der Waals surface area contributed by atoms with Gasteiger partial charge in [0.2, 0.25) is 0 Å². The molecule has 1 aliphatic rings. The lowest BCUT2D eigenvalue weighted by Crippen LogP contribution is -2.36. The predicted octanol–water partition coefficient (Wildman–Crippen LogP) is 3.45. The molecule has 1 atom stereocenters. The zero-order valence-corrected chi connectivity index (χ0v) is 12.6. The van der Waals surface area contributed by atoms with Crippen LogP contribution < -0.4 is 5.32 Å². The molecule has 1 fully saturated rings. The topological polar surface area (TPSA) is 15.3 Å². The van der Waals surface area contributed by atoms with E-state index in [1.165, 1.54) is 48.7 Å². The highest BCUT2D eigenvalue weighted by atomic mass is 32.1. The van der Waals surface area contributed by atoms with Crippen molar-refractivity contribution in [3.05, 3.63) is 21.9 Å². The molecule has 18 heavy (non-hydrogen) atoms. The maximum absolute atomic E-state index is 3.65. The largest absolute Gasteiger partial charge is 0.308 e. The summed E-state index contributed by atoms with van der Waals surface area (Å²) in [6.07, 6.45) is 5.36. The van der Waals surface area contributed by atoms with Gasteiger partial charge in [0.15, 0.2) is 0 Å². The zero-order chi connectivity index (χ0) is 12.8. The van der Waals surface area contributed by atoms with Crippen molar-refractivity contribution < 1.29 is 0 Å². The molecular formula is C15H26N2S. The Morgan fingerprint density at radius 1 is 1.28 bits per heavy atom. The smallest absolute Gasteiger partial charge is 0.0386 e. The maximum atomic E-state index is 3.65. The molecule has 0 saturated carbocycles. The van der Waals surface area contributed by atoms with Gasteiger partial charge in [-0.25, -0.2) is 0 Å². The van der Waals surface area contributed by atoms with Gasteiger partial charge in [-0.2, -0.15) is 0 Å². The quantitative estimate of drug-likeness (QED) is 0.848. The highest BCUT2D eigenvalue weighted by Gasteiger charge is 2.11. The predicted molar refractivity (Wildman–Crippen MR) is 80.4 cm³/mol. The summed E-state index contributed by atoms with van der Waals surface area (Å²) in [7, 11) is 0. The highest BCUT2D eigenvalue weighted by Crippen LogP contribution is 2.23. The van der Waals surface area contributed by atoms with Crippen LogP contribution in [-0.2, 0) is 6.42 Å². The summed E-state index contributed by atoms with van der Waals surface area (Å²) in [6.45, 7) is 9.42. The summed E-state index contributed by atoms with van der Waals surface area (Å²) in [5.74, 6) is 0. The fourth-order valence-corrected chi connectivity index (χ4v) is 3.52. The Kier molecular flexibility index (Phi) is 5.67. The van der Waals surface area contributed by atoms with Crippen molar-refractivity contribution in [2.24, 2.45) is 0 Å². The molecular weight excluding hydrogens is 240 g/mol. The number of nitrogens with zero attached hydrogens (tertiary/aromatic N) is 1. The Morgan fingerprint density at radius 3 is 2.72 bits per heavy atom. The van der Waals surface area contributed by atoms with Crippen molar-refractivity contribution in [1.29, 1.82) is 0 Å². The number of hydrogen-bond donors (Lipinski definition) is 1. The molecule has 1 aromatic heterocycles. The molecule has 0 radical (unpaired) electrons. The average Bonchev–Trinajstić information content (AvgIpc) is 2.89. The third-order valence-electron chi connectivity index (χ3n) is 3.78. The van der Waals surface area contributed by atoms with Crippen molar-refractivity contribution in [1.82, 2.24) is 10.2 Å². The standard InChI is InChI=1S/C15H26N2S/c1-3-14-7-8-15(18-14)13(2)16-9-12-17-10-5-4-6-11-17/h7-8,13,16H,3-6,9-12H2,1-2H3. The Labute approximate surface area is 115 Å². The SMILES string of the molecule is CCc1ccc(C(C)NCCN2CCCCC2)s1. The fraction of sp³-hybridized carbons (Fsp3) is 0.733. The lowest BCUT2D eigenvalue weighted by atomic mass is 10.1. The van der Waals surface area contributed by atoms with Crippen LogP contribution in [-0.4, -0.2) is 31.1 Å². The van der Waals surface area contributed by atoms with Crippen LogP contribution in [0.4, 0.5) is 0 Å². The van der Waals surface area contributed by atoms with Crippen LogP contribution in [0.25, 0.3) is 0 Å². The molecule has 1 aromatic rings. The normalized spacial score (nSPS) is 19.0. The van der Waals surface area contributed by atoms with Crippen LogP contribution >= 0.6 is 11.3 Å². The molecule has 0 spiro atoms. The van der Waals surface area contributed by atoms with E-state index >= 15 is 0 Å². The van der Waals surface area contributed by atoms with E-state index in [0.717, 1.165) is 13.0 Å². The maximum Gasteiger partial charge on any atom is 0.0386 e. The van der Waals surface area contributed by atoms with Gasteiger partial charge in [-0.1, -0.05) is 13.3 Å². The summed E-state index contributed by atoms with van der Waals surface area (Å²) in [5, 5.41) is 3.65. The summed E-state index contributed by atoms with van der Waals surface area (Å²) < 4.78 is 0. The second kappa shape index (κ2) is 7.27. The molecule has 1 saturated heterocycles. The lowest BCUT2D eigenvalue weighted by Gasteiger charge is -2.27. The van der Waals surface area contributed by atoms with E-state index in [0.29, 0.717) is 6.04 Å². The van der Waals surface area contributed by atoms with Crippen LogP contribution in [0.5, 0.6) is 0 Å². The first-order valence-corrected chi connectivity index (χ1v) is 8.15. The van der Waals surface area contributed by atoms with Crippen LogP contribution in [0.2, 0.25) is 0 Å². The van der Waals surface area contributed by atoms with Crippen molar-refractivity contribution in [3.63, 3.8) is 0 Å². The van der Waals surface area contributed by atoms with E-state index in [9.17, 15) is 0 Å². The molecule has 3 heteroatoms. The summed E-state index contributed by atoms with van der Waals surface area (Å²) in [4.78, 5) is 5.56. The lowest BCUT2D eigenvalue weighted by molar-refractivity contribution is 0.227. The Balaban J connectivity index is 1.69. The molecule has 1 N–H and O–H groups in total. The summed E-state index contributed by atoms with van der Waals surface area (Å²) in [5.41, 5.74) is 0. The average molecular weight is 266 g/mol. The molecule has 1 aliphatic heterocycles. The van der Waals surface area contributed by atoms with Gasteiger partial charge in [0, 0.05) is 28.9 Å². The van der Waals surface area contributed by atoms with E-state index in [2.05, 4.69) is 36.2 Å². The second-order valence-corrected chi connectivity index (χ2v) is 6.44. The molecule has 0 aliphatic carbocycles. The Morgan fingerprint density at radius 2 is 2.06 bits per heavy atom. The van der Waals surface area contributed by atoms with Gasteiger partial charge in [-0.3, -0.25) is 0 Å². The van der Waals surface area contributed by atoms with Gasteiger partial charge >= 0.3 is 0 Å². The number of piperidine rings is 1. The van der Waals surface area contributed by atoms with Gasteiger partial charge in [0.05, 0.1) is 0 Å². The highest BCUT2D eigenvalue weighted by molar-refractivity contribution is 7.12. The summed E-state index contributed by atoms with van der Waals surface area (Å²) >= 11 is 1.95. The first-order valence-electron chi connectivity index (χ1n) is 7.34. The Hall–Kier alpha value is -0.380. The number of thiophene rings is 1. The van der Waals surface area contributed by atoms with E-state index in [1.807, 2.05) is 11.3 Å². The van der Waals surface area contributed by atoms with Gasteiger partial charge in [-0.15, -0.1) is 11.3 Å². The van der Waals surface area contributed by atoms with Crippen molar-refractivity contribution in [2.75, 3.05) is 26.2 Å². The van der Waals surface area contributed by atoms with E-state index in [4.69, 9.17) is 0 Å². The van der Waals surface area contributed by atoms with Gasteiger partial charge in [0.1, 0.15) is 0 Å². The summed E-state index contributed by atoms with van der Waals surface area (Å²) in [6, 6.07) is 5.05. The number of rotatable bonds is 6. The second-order valence-electron chi connectivity index (χ2n) is 5.24. The molecule has 2 rings (SSSR count). The molecule has 0 amide bonds. The minimum Gasteiger partial charge on any atom is -0.308 e. The van der Waals surface area contributed by atoms with Gasteiger partial charge < -0.3 is 10.2 Å². The first kappa shape index (κ1) is 14.0. The molecule has 0 aromatic carbocycles. The molecule has 102 valence electrons. The van der Waals surface area contributed by atoms with Crippen LogP contribution in [0.3, 0.4) is 0 Å². The minimum absolute atomic E-state index is 0.500. The molecule has 1 unspecified atom stereocenters.